The second kappa shape index (κ2) is 6.53. The summed E-state index contributed by atoms with van der Waals surface area (Å²) in [4.78, 5) is 6.51. The summed E-state index contributed by atoms with van der Waals surface area (Å²) >= 11 is 0. The maximum atomic E-state index is 5.98. The first-order valence-corrected chi connectivity index (χ1v) is 5.56. The smallest absolute Gasteiger partial charge is 0.0543 e. The fourth-order valence-electron chi connectivity index (χ4n) is 1.70. The highest BCUT2D eigenvalue weighted by Crippen LogP contribution is 2.01. The van der Waals surface area contributed by atoms with E-state index >= 15 is 0 Å². The van der Waals surface area contributed by atoms with Gasteiger partial charge >= 0.3 is 0 Å². The molecule has 1 unspecified atom stereocenters. The molecule has 0 aliphatic heterocycles. The van der Waals surface area contributed by atoms with E-state index in [-0.39, 0.29) is 6.04 Å². The number of likely N-dealkylation sites (N-methyl/N-ethyl adjacent to an activating group) is 1. The van der Waals surface area contributed by atoms with Gasteiger partial charge in [-0.1, -0.05) is 19.4 Å². The SMILES string of the molecule is CCCC(N)CN(C)Cc1ccccn1. The normalized spacial score (nSPS) is 13.1. The van der Waals surface area contributed by atoms with Gasteiger partial charge in [0.05, 0.1) is 5.69 Å². The van der Waals surface area contributed by atoms with Gasteiger partial charge in [0, 0.05) is 25.3 Å². The van der Waals surface area contributed by atoms with Crippen LogP contribution in [0.25, 0.3) is 0 Å². The van der Waals surface area contributed by atoms with E-state index < -0.39 is 0 Å². The number of nitrogens with zero attached hydrogens (tertiary/aromatic N) is 2. The van der Waals surface area contributed by atoms with Crippen molar-refractivity contribution in [2.24, 2.45) is 5.73 Å². The average molecular weight is 207 g/mol. The Bertz CT molecular complexity index is 261. The van der Waals surface area contributed by atoms with Crippen LogP contribution in [0, 0.1) is 0 Å². The molecule has 1 rings (SSSR count). The van der Waals surface area contributed by atoms with Gasteiger partial charge < -0.3 is 5.73 Å². The summed E-state index contributed by atoms with van der Waals surface area (Å²) in [5.74, 6) is 0. The van der Waals surface area contributed by atoms with Crippen LogP contribution in [0.1, 0.15) is 25.5 Å². The van der Waals surface area contributed by atoms with Crippen LogP contribution in [0.5, 0.6) is 0 Å². The third-order valence-corrected chi connectivity index (χ3v) is 2.36. The Balaban J connectivity index is 2.33. The molecule has 1 atom stereocenters. The van der Waals surface area contributed by atoms with Crippen molar-refractivity contribution in [1.29, 1.82) is 0 Å². The third kappa shape index (κ3) is 4.91. The van der Waals surface area contributed by atoms with Crippen LogP contribution in [0.4, 0.5) is 0 Å². The van der Waals surface area contributed by atoms with Crippen LogP contribution in [-0.4, -0.2) is 29.5 Å². The molecule has 0 saturated heterocycles. The fraction of sp³-hybridized carbons (Fsp3) is 0.583. The summed E-state index contributed by atoms with van der Waals surface area (Å²) in [6.45, 7) is 3.97. The Hall–Kier alpha value is -0.930. The predicted molar refractivity (Wildman–Crippen MR) is 63.5 cm³/mol. The lowest BCUT2D eigenvalue weighted by Gasteiger charge is -2.20. The number of pyridine rings is 1. The second-order valence-corrected chi connectivity index (χ2v) is 4.07. The van der Waals surface area contributed by atoms with Gasteiger partial charge in [-0.3, -0.25) is 9.88 Å². The molecule has 0 aliphatic carbocycles. The van der Waals surface area contributed by atoms with Crippen LogP contribution < -0.4 is 5.73 Å². The molecule has 15 heavy (non-hydrogen) atoms. The number of rotatable bonds is 6. The zero-order valence-electron chi connectivity index (χ0n) is 9.69. The fourth-order valence-corrected chi connectivity index (χ4v) is 1.70. The van der Waals surface area contributed by atoms with Crippen molar-refractivity contribution in [3.63, 3.8) is 0 Å². The van der Waals surface area contributed by atoms with Gasteiger partial charge in [-0.05, 0) is 25.6 Å². The van der Waals surface area contributed by atoms with Crippen LogP contribution in [-0.2, 0) is 6.54 Å². The zero-order valence-corrected chi connectivity index (χ0v) is 9.69. The van der Waals surface area contributed by atoms with Crippen molar-refractivity contribution in [3.05, 3.63) is 30.1 Å². The monoisotopic (exact) mass is 207 g/mol. The molecule has 1 heterocycles. The van der Waals surface area contributed by atoms with Crippen molar-refractivity contribution in [3.8, 4) is 0 Å². The topological polar surface area (TPSA) is 42.1 Å². The van der Waals surface area contributed by atoms with E-state index in [1.54, 1.807) is 0 Å². The van der Waals surface area contributed by atoms with E-state index in [1.165, 1.54) is 0 Å². The average Bonchev–Trinajstić information content (AvgIpc) is 2.19. The van der Waals surface area contributed by atoms with E-state index in [9.17, 15) is 0 Å². The standard InChI is InChI=1S/C12H21N3/c1-3-6-11(13)9-15(2)10-12-7-4-5-8-14-12/h4-5,7-8,11H,3,6,9-10,13H2,1-2H3. The van der Waals surface area contributed by atoms with Gasteiger partial charge in [-0.25, -0.2) is 0 Å². The molecule has 0 bridgehead atoms. The molecule has 1 aromatic heterocycles. The van der Waals surface area contributed by atoms with Gasteiger partial charge in [0.15, 0.2) is 0 Å². The van der Waals surface area contributed by atoms with Gasteiger partial charge in [0.2, 0.25) is 0 Å². The Morgan fingerprint density at radius 3 is 2.87 bits per heavy atom. The number of aromatic nitrogens is 1. The largest absolute Gasteiger partial charge is 0.327 e. The number of hydrogen-bond donors (Lipinski definition) is 1. The first kappa shape index (κ1) is 12.1. The van der Waals surface area contributed by atoms with Gasteiger partial charge in [-0.2, -0.15) is 0 Å². The van der Waals surface area contributed by atoms with Gasteiger partial charge in [0.25, 0.3) is 0 Å². The van der Waals surface area contributed by atoms with Crippen LogP contribution in [0.15, 0.2) is 24.4 Å². The molecule has 0 spiro atoms. The molecule has 0 fully saturated rings. The highest BCUT2D eigenvalue weighted by molar-refractivity contribution is 5.03. The summed E-state index contributed by atoms with van der Waals surface area (Å²) in [6.07, 6.45) is 4.07. The first-order chi connectivity index (χ1) is 7.22. The Labute approximate surface area is 92.3 Å². The van der Waals surface area contributed by atoms with Crippen molar-refractivity contribution in [1.82, 2.24) is 9.88 Å². The minimum absolute atomic E-state index is 0.281. The maximum absolute atomic E-state index is 5.98. The zero-order chi connectivity index (χ0) is 11.1. The van der Waals surface area contributed by atoms with Crippen LogP contribution in [0.2, 0.25) is 0 Å². The quantitative estimate of drug-likeness (QED) is 0.771. The lowest BCUT2D eigenvalue weighted by Crippen LogP contribution is -2.34. The summed E-state index contributed by atoms with van der Waals surface area (Å²) in [5, 5.41) is 0. The molecule has 0 aliphatic rings. The van der Waals surface area contributed by atoms with Crippen molar-refractivity contribution in [2.45, 2.75) is 32.4 Å². The van der Waals surface area contributed by atoms with Crippen molar-refractivity contribution >= 4 is 0 Å². The lowest BCUT2D eigenvalue weighted by molar-refractivity contribution is 0.294. The molecule has 3 heteroatoms. The van der Waals surface area contributed by atoms with Gasteiger partial charge in [0.1, 0.15) is 0 Å². The molecule has 3 nitrogen and oxygen atoms in total. The second-order valence-electron chi connectivity index (χ2n) is 4.07. The summed E-state index contributed by atoms with van der Waals surface area (Å²) in [6, 6.07) is 6.28. The molecule has 0 amide bonds. The van der Waals surface area contributed by atoms with Crippen molar-refractivity contribution < 1.29 is 0 Å². The summed E-state index contributed by atoms with van der Waals surface area (Å²) < 4.78 is 0. The molecular formula is C12H21N3. The minimum atomic E-state index is 0.281. The van der Waals surface area contributed by atoms with Crippen LogP contribution >= 0.6 is 0 Å². The molecule has 0 saturated carbocycles. The molecule has 1 aromatic rings. The molecule has 2 N–H and O–H groups in total. The Kier molecular flexibility index (Phi) is 5.29. The highest BCUT2D eigenvalue weighted by Gasteiger charge is 2.06. The first-order valence-electron chi connectivity index (χ1n) is 5.56. The highest BCUT2D eigenvalue weighted by atomic mass is 15.1. The molecule has 0 aromatic carbocycles. The summed E-state index contributed by atoms with van der Waals surface area (Å²) in [5.41, 5.74) is 7.08. The Morgan fingerprint density at radius 2 is 2.27 bits per heavy atom. The van der Waals surface area contributed by atoms with Crippen molar-refractivity contribution in [2.75, 3.05) is 13.6 Å². The summed E-state index contributed by atoms with van der Waals surface area (Å²) in [7, 11) is 2.09. The Morgan fingerprint density at radius 1 is 1.47 bits per heavy atom. The maximum Gasteiger partial charge on any atom is 0.0543 e. The minimum Gasteiger partial charge on any atom is -0.327 e. The van der Waals surface area contributed by atoms with Gasteiger partial charge in [-0.15, -0.1) is 0 Å². The molecule has 0 radical (unpaired) electrons. The van der Waals surface area contributed by atoms with E-state index in [1.807, 2.05) is 24.4 Å². The van der Waals surface area contributed by atoms with E-state index in [4.69, 9.17) is 5.73 Å². The van der Waals surface area contributed by atoms with E-state index in [2.05, 4.69) is 23.9 Å². The molecule has 84 valence electrons. The number of nitrogens with two attached hydrogens (primary N) is 1. The van der Waals surface area contributed by atoms with E-state index in [0.29, 0.717) is 0 Å². The predicted octanol–water partition coefficient (Wildman–Crippen LogP) is 1.64. The van der Waals surface area contributed by atoms with E-state index in [0.717, 1.165) is 31.6 Å². The number of hydrogen-bond acceptors (Lipinski definition) is 3. The third-order valence-electron chi connectivity index (χ3n) is 2.36. The lowest BCUT2D eigenvalue weighted by atomic mass is 10.2. The molecular weight excluding hydrogens is 186 g/mol. The van der Waals surface area contributed by atoms with Crippen LogP contribution in [0.3, 0.4) is 0 Å².